The first-order chi connectivity index (χ1) is 9.90. The number of aromatic nitrogens is 2. The van der Waals surface area contributed by atoms with Crippen molar-refractivity contribution in [2.75, 3.05) is 0 Å². The van der Waals surface area contributed by atoms with Crippen molar-refractivity contribution in [1.29, 1.82) is 0 Å². The van der Waals surface area contributed by atoms with Gasteiger partial charge in [0.15, 0.2) is 0 Å². The van der Waals surface area contributed by atoms with Crippen molar-refractivity contribution >= 4 is 21.7 Å². The van der Waals surface area contributed by atoms with Gasteiger partial charge in [0.05, 0.1) is 5.69 Å². The van der Waals surface area contributed by atoms with Crippen LogP contribution in [0.15, 0.2) is 36.4 Å². The third-order valence-electron chi connectivity index (χ3n) is 4.86. The van der Waals surface area contributed by atoms with E-state index >= 15 is 0 Å². The monoisotopic (exact) mass is 276 g/mol. The van der Waals surface area contributed by atoms with E-state index in [1.54, 1.807) is 0 Å². The van der Waals surface area contributed by atoms with E-state index in [9.17, 15) is 0 Å². The van der Waals surface area contributed by atoms with Crippen molar-refractivity contribution in [3.63, 3.8) is 0 Å². The predicted octanol–water partition coefficient (Wildman–Crippen LogP) is 4.74. The normalized spacial score (nSPS) is 19.0. The van der Waals surface area contributed by atoms with E-state index < -0.39 is 0 Å². The zero-order valence-corrected chi connectivity index (χ0v) is 13.1. The Hall–Kier alpha value is -1.96. The van der Waals surface area contributed by atoms with Crippen molar-refractivity contribution in [3.05, 3.63) is 47.7 Å². The van der Waals surface area contributed by atoms with Gasteiger partial charge >= 0.3 is 0 Å². The molecule has 2 aromatic carbocycles. The molecule has 0 saturated heterocycles. The molecule has 0 spiro atoms. The van der Waals surface area contributed by atoms with Crippen LogP contribution in [0, 0.1) is 0 Å². The van der Waals surface area contributed by atoms with Crippen molar-refractivity contribution in [3.8, 4) is 0 Å². The Morgan fingerprint density at radius 1 is 0.810 bits per heavy atom. The highest BCUT2D eigenvalue weighted by Gasteiger charge is 2.44. The second-order valence-electron chi connectivity index (χ2n) is 7.55. The summed E-state index contributed by atoms with van der Waals surface area (Å²) in [6.45, 7) is 9.22. The molecule has 4 rings (SSSR count). The summed E-state index contributed by atoms with van der Waals surface area (Å²) in [5.41, 5.74) is 3.86. The molecule has 0 fully saturated rings. The Bertz CT molecular complexity index is 875. The molecule has 1 aromatic heterocycles. The summed E-state index contributed by atoms with van der Waals surface area (Å²) in [7, 11) is 0. The number of fused-ring (bicyclic) bond motifs is 5. The summed E-state index contributed by atoms with van der Waals surface area (Å²) in [5, 5.41) is 12.9. The summed E-state index contributed by atoms with van der Waals surface area (Å²) < 4.78 is 0. The summed E-state index contributed by atoms with van der Waals surface area (Å²) in [4.78, 5) is 0. The fourth-order valence-corrected chi connectivity index (χ4v) is 4.28. The van der Waals surface area contributed by atoms with Crippen molar-refractivity contribution in [2.45, 2.75) is 44.9 Å². The van der Waals surface area contributed by atoms with E-state index in [2.05, 4.69) is 74.3 Å². The molecule has 21 heavy (non-hydrogen) atoms. The smallest absolute Gasteiger partial charge is 0.101 e. The Labute approximate surface area is 125 Å². The highest BCUT2D eigenvalue weighted by molar-refractivity contribution is 6.06. The molecule has 2 nitrogen and oxygen atoms in total. The summed E-state index contributed by atoms with van der Waals surface area (Å²) in [6, 6.07) is 12.9. The van der Waals surface area contributed by atoms with Gasteiger partial charge in [-0.15, -0.1) is 5.10 Å². The van der Waals surface area contributed by atoms with Crippen LogP contribution < -0.4 is 0 Å². The number of hydrogen-bond donors (Lipinski definition) is 0. The summed E-state index contributed by atoms with van der Waals surface area (Å²) in [5.74, 6) is 0. The maximum Gasteiger partial charge on any atom is 0.101 e. The van der Waals surface area contributed by atoms with E-state index in [0.717, 1.165) is 11.9 Å². The first-order valence-corrected chi connectivity index (χ1v) is 7.59. The first kappa shape index (κ1) is 12.8. The highest BCUT2D eigenvalue weighted by Crippen LogP contribution is 2.50. The van der Waals surface area contributed by atoms with Gasteiger partial charge in [0.2, 0.25) is 0 Å². The third kappa shape index (κ3) is 1.65. The molecule has 2 heteroatoms. The zero-order valence-electron chi connectivity index (χ0n) is 13.1. The summed E-state index contributed by atoms with van der Waals surface area (Å²) >= 11 is 0. The molecule has 0 atom stereocenters. The first-order valence-electron chi connectivity index (χ1n) is 7.59. The average Bonchev–Trinajstić information content (AvgIpc) is 2.63. The molecule has 0 aliphatic heterocycles. The van der Waals surface area contributed by atoms with Crippen LogP contribution in [0.2, 0.25) is 0 Å². The minimum atomic E-state index is 0.103. The van der Waals surface area contributed by atoms with Crippen LogP contribution in [0.3, 0.4) is 0 Å². The molecular weight excluding hydrogens is 256 g/mol. The standard InChI is InChI=1S/C19H20N2/c1-18(2)11-19(3,4)17-15(18)14-10-9-12-7-5-6-8-13(12)16(14)20-21-17/h5-10H,11H2,1-4H3. The van der Waals surface area contributed by atoms with Gasteiger partial charge in [-0.1, -0.05) is 64.1 Å². The van der Waals surface area contributed by atoms with Gasteiger partial charge in [-0.05, 0) is 22.8 Å². The molecule has 0 bridgehead atoms. The Balaban J connectivity index is 2.19. The van der Waals surface area contributed by atoms with Crippen LogP contribution in [-0.2, 0) is 10.8 Å². The molecule has 0 N–H and O–H groups in total. The lowest BCUT2D eigenvalue weighted by Gasteiger charge is -2.22. The van der Waals surface area contributed by atoms with Gasteiger partial charge in [0, 0.05) is 16.2 Å². The molecule has 106 valence electrons. The van der Waals surface area contributed by atoms with Gasteiger partial charge in [-0.25, -0.2) is 0 Å². The second-order valence-corrected chi connectivity index (χ2v) is 7.55. The highest BCUT2D eigenvalue weighted by atomic mass is 15.1. The number of rotatable bonds is 0. The van der Waals surface area contributed by atoms with Crippen molar-refractivity contribution < 1.29 is 0 Å². The predicted molar refractivity (Wildman–Crippen MR) is 87.7 cm³/mol. The van der Waals surface area contributed by atoms with Crippen LogP contribution in [0.5, 0.6) is 0 Å². The van der Waals surface area contributed by atoms with E-state index in [1.807, 2.05) is 0 Å². The van der Waals surface area contributed by atoms with Crippen molar-refractivity contribution in [1.82, 2.24) is 10.2 Å². The SMILES string of the molecule is CC1(C)CC(C)(C)c2c1nnc1c2ccc2ccccc21. The topological polar surface area (TPSA) is 25.8 Å². The van der Waals surface area contributed by atoms with E-state index in [4.69, 9.17) is 0 Å². The average molecular weight is 276 g/mol. The Kier molecular flexibility index (Phi) is 2.32. The molecule has 0 unspecified atom stereocenters. The number of nitrogens with zero attached hydrogens (tertiary/aromatic N) is 2. The quantitative estimate of drug-likeness (QED) is 0.554. The van der Waals surface area contributed by atoms with Gasteiger partial charge in [-0.2, -0.15) is 5.10 Å². The lowest BCUT2D eigenvalue weighted by atomic mass is 9.81. The molecule has 1 aliphatic rings. The second kappa shape index (κ2) is 3.82. The van der Waals surface area contributed by atoms with Gasteiger partial charge in [0.25, 0.3) is 0 Å². The van der Waals surface area contributed by atoms with Crippen molar-refractivity contribution in [2.24, 2.45) is 0 Å². The molecule has 0 saturated carbocycles. The maximum atomic E-state index is 4.64. The summed E-state index contributed by atoms with van der Waals surface area (Å²) in [6.07, 6.45) is 1.12. The lowest BCUT2D eigenvalue weighted by molar-refractivity contribution is 0.399. The Morgan fingerprint density at radius 3 is 2.38 bits per heavy atom. The van der Waals surface area contributed by atoms with Gasteiger partial charge in [0.1, 0.15) is 5.52 Å². The fourth-order valence-electron chi connectivity index (χ4n) is 4.28. The van der Waals surface area contributed by atoms with E-state index in [1.165, 1.54) is 27.4 Å². The van der Waals surface area contributed by atoms with E-state index in [-0.39, 0.29) is 10.8 Å². The maximum absolute atomic E-state index is 4.64. The largest absolute Gasteiger partial charge is 0.154 e. The Morgan fingerprint density at radius 2 is 1.57 bits per heavy atom. The lowest BCUT2D eigenvalue weighted by Crippen LogP contribution is -2.18. The zero-order chi connectivity index (χ0) is 14.8. The third-order valence-corrected chi connectivity index (χ3v) is 4.86. The fraction of sp³-hybridized carbons (Fsp3) is 0.368. The minimum absolute atomic E-state index is 0.103. The molecule has 0 radical (unpaired) electrons. The molecule has 0 amide bonds. The molecule has 3 aromatic rings. The van der Waals surface area contributed by atoms with Gasteiger partial charge in [-0.3, -0.25) is 0 Å². The molecular formula is C19H20N2. The van der Waals surface area contributed by atoms with Crippen LogP contribution >= 0.6 is 0 Å². The van der Waals surface area contributed by atoms with E-state index in [0.29, 0.717) is 0 Å². The van der Waals surface area contributed by atoms with Crippen LogP contribution in [0.25, 0.3) is 21.7 Å². The van der Waals surface area contributed by atoms with Crippen LogP contribution in [0.1, 0.15) is 45.4 Å². The number of benzene rings is 2. The number of hydrogen-bond acceptors (Lipinski definition) is 2. The van der Waals surface area contributed by atoms with Gasteiger partial charge < -0.3 is 0 Å². The van der Waals surface area contributed by atoms with Crippen LogP contribution in [-0.4, -0.2) is 10.2 Å². The van der Waals surface area contributed by atoms with Crippen LogP contribution in [0.4, 0.5) is 0 Å². The molecule has 1 aliphatic carbocycles. The molecule has 1 heterocycles. The minimum Gasteiger partial charge on any atom is -0.154 e.